The Balaban J connectivity index is 1.40. The van der Waals surface area contributed by atoms with E-state index in [0.29, 0.717) is 18.7 Å². The number of rotatable bonds is 7. The molecule has 150 valence electrons. The highest BCUT2D eigenvalue weighted by molar-refractivity contribution is 6.31. The van der Waals surface area contributed by atoms with E-state index in [4.69, 9.17) is 11.6 Å². The number of pyridine rings is 1. The number of aryl methyl sites for hydroxylation is 1. The summed E-state index contributed by atoms with van der Waals surface area (Å²) in [5, 5.41) is 3.10. The number of carbonyl (C=O) groups excluding carboxylic acids is 1. The maximum absolute atomic E-state index is 15.0. The van der Waals surface area contributed by atoms with Crippen LogP contribution in [0, 0.1) is 5.82 Å². The molecule has 7 heteroatoms. The van der Waals surface area contributed by atoms with Crippen molar-refractivity contribution in [2.45, 2.75) is 31.4 Å². The van der Waals surface area contributed by atoms with Crippen molar-refractivity contribution in [1.29, 1.82) is 0 Å². The van der Waals surface area contributed by atoms with Gasteiger partial charge in [-0.15, -0.1) is 0 Å². The summed E-state index contributed by atoms with van der Waals surface area (Å²) < 4.78 is 28.3. The minimum absolute atomic E-state index is 0.0856. The highest BCUT2D eigenvalue weighted by Gasteiger charge is 2.35. The third-order valence-corrected chi connectivity index (χ3v) is 5.36. The Labute approximate surface area is 168 Å². The molecule has 0 saturated carbocycles. The van der Waals surface area contributed by atoms with Crippen LogP contribution < -0.4 is 5.32 Å². The largest absolute Gasteiger partial charge is 0.338 e. The summed E-state index contributed by atoms with van der Waals surface area (Å²) in [4.78, 5) is 18.4. The molecule has 1 fully saturated rings. The van der Waals surface area contributed by atoms with Gasteiger partial charge in [0.05, 0.1) is 5.02 Å². The first-order valence-corrected chi connectivity index (χ1v) is 9.88. The van der Waals surface area contributed by atoms with Gasteiger partial charge in [0.15, 0.2) is 0 Å². The lowest BCUT2D eigenvalue weighted by Gasteiger charge is -2.36. The maximum atomic E-state index is 15.0. The van der Waals surface area contributed by atoms with Crippen molar-refractivity contribution >= 4 is 17.5 Å². The van der Waals surface area contributed by atoms with Gasteiger partial charge >= 0.3 is 0 Å². The summed E-state index contributed by atoms with van der Waals surface area (Å²) in [5.74, 6) is -0.805. The number of hydrogen-bond donors (Lipinski definition) is 1. The zero-order valence-corrected chi connectivity index (χ0v) is 16.4. The molecule has 3 rings (SSSR count). The number of likely N-dealkylation sites (tertiary alicyclic amines) is 1. The minimum atomic E-state index is -1.32. The van der Waals surface area contributed by atoms with Gasteiger partial charge in [0.2, 0.25) is 0 Å². The van der Waals surface area contributed by atoms with Crippen LogP contribution in [-0.2, 0) is 6.42 Å². The second kappa shape index (κ2) is 9.43. The van der Waals surface area contributed by atoms with Crippen molar-refractivity contribution in [1.82, 2.24) is 15.2 Å². The van der Waals surface area contributed by atoms with Crippen molar-refractivity contribution in [3.8, 4) is 0 Å². The molecule has 1 saturated heterocycles. The van der Waals surface area contributed by atoms with Crippen molar-refractivity contribution < 1.29 is 13.6 Å². The molecule has 1 aliphatic heterocycles. The van der Waals surface area contributed by atoms with E-state index in [-0.39, 0.29) is 30.3 Å². The Morgan fingerprint density at radius 2 is 2.04 bits per heavy atom. The fourth-order valence-corrected chi connectivity index (χ4v) is 3.53. The van der Waals surface area contributed by atoms with Gasteiger partial charge in [-0.2, -0.15) is 0 Å². The lowest BCUT2D eigenvalue weighted by Crippen LogP contribution is -2.49. The lowest BCUT2D eigenvalue weighted by atomic mass is 9.92. The molecule has 0 spiro atoms. The molecule has 2 aromatic rings. The monoisotopic (exact) mass is 407 g/mol. The van der Waals surface area contributed by atoms with Crippen LogP contribution in [0.4, 0.5) is 8.78 Å². The number of halogens is 3. The van der Waals surface area contributed by atoms with Crippen LogP contribution in [0.25, 0.3) is 0 Å². The Hall–Kier alpha value is -2.05. The summed E-state index contributed by atoms with van der Waals surface area (Å²) in [6.07, 6.45) is 4.08. The Kier molecular flexibility index (Phi) is 6.97. The van der Waals surface area contributed by atoms with Crippen LogP contribution in [0.1, 0.15) is 35.3 Å². The number of carbonyl (C=O) groups is 1. The van der Waals surface area contributed by atoms with Crippen molar-refractivity contribution in [3.63, 3.8) is 0 Å². The number of benzene rings is 1. The predicted octanol–water partition coefficient (Wildman–Crippen LogP) is 4.04. The molecule has 4 nitrogen and oxygen atoms in total. The van der Waals surface area contributed by atoms with E-state index < -0.39 is 11.5 Å². The number of alkyl halides is 1. The number of hydrogen-bond acceptors (Lipinski definition) is 3. The predicted molar refractivity (Wildman–Crippen MR) is 106 cm³/mol. The highest BCUT2D eigenvalue weighted by atomic mass is 35.5. The summed E-state index contributed by atoms with van der Waals surface area (Å²) in [6.45, 7) is 1.67. The van der Waals surface area contributed by atoms with Crippen LogP contribution in [0.3, 0.4) is 0 Å². The van der Waals surface area contributed by atoms with Crippen molar-refractivity contribution in [2.75, 3.05) is 26.2 Å². The van der Waals surface area contributed by atoms with Crippen LogP contribution >= 0.6 is 11.6 Å². The maximum Gasteiger partial charge on any atom is 0.253 e. The quantitative estimate of drug-likeness (QED) is 0.704. The van der Waals surface area contributed by atoms with Gasteiger partial charge in [-0.1, -0.05) is 17.7 Å². The number of aromatic nitrogens is 1. The molecule has 1 aliphatic rings. The average molecular weight is 408 g/mol. The molecule has 0 unspecified atom stereocenters. The summed E-state index contributed by atoms with van der Waals surface area (Å²) in [5.41, 5.74) is 0.0414. The number of nitrogens with one attached hydrogen (secondary N) is 1. The summed E-state index contributed by atoms with van der Waals surface area (Å²) in [6, 6.07) is 9.73. The standard InChI is InChI=1S/C21H24ClF2N3O/c22-18-14-16(6-7-19(18)23)20(28)27-12-8-21(24,9-13-27)15-25-10-3-5-17-4-1-2-11-26-17/h1-2,4,6-7,11,14,25H,3,5,8-10,12-13,15H2. The van der Waals surface area contributed by atoms with Gasteiger partial charge in [-0.25, -0.2) is 8.78 Å². The first kappa shape index (κ1) is 20.7. The van der Waals surface area contributed by atoms with Crippen LogP contribution in [0.2, 0.25) is 5.02 Å². The molecule has 28 heavy (non-hydrogen) atoms. The van der Waals surface area contributed by atoms with E-state index >= 15 is 0 Å². The van der Waals surface area contributed by atoms with E-state index in [2.05, 4.69) is 10.3 Å². The second-order valence-electron chi connectivity index (χ2n) is 7.17. The first-order chi connectivity index (χ1) is 13.5. The Bertz CT molecular complexity index is 795. The van der Waals surface area contributed by atoms with Crippen LogP contribution in [0.5, 0.6) is 0 Å². The number of amides is 1. The fraction of sp³-hybridized carbons (Fsp3) is 0.429. The lowest BCUT2D eigenvalue weighted by molar-refractivity contribution is 0.0436. The number of nitrogens with zero attached hydrogens (tertiary/aromatic N) is 2. The van der Waals surface area contributed by atoms with Crippen molar-refractivity contribution in [2.24, 2.45) is 0 Å². The molecule has 1 aromatic heterocycles. The molecule has 2 heterocycles. The average Bonchev–Trinajstić information content (AvgIpc) is 2.71. The number of piperidine rings is 1. The molecule has 1 amide bonds. The molecule has 1 aromatic carbocycles. The van der Waals surface area contributed by atoms with Crippen LogP contribution in [0.15, 0.2) is 42.6 Å². The van der Waals surface area contributed by atoms with Gasteiger partial charge in [0.1, 0.15) is 11.5 Å². The minimum Gasteiger partial charge on any atom is -0.338 e. The summed E-state index contributed by atoms with van der Waals surface area (Å²) >= 11 is 5.75. The smallest absolute Gasteiger partial charge is 0.253 e. The molecule has 1 N–H and O–H groups in total. The van der Waals surface area contributed by atoms with Gasteiger partial charge in [0.25, 0.3) is 5.91 Å². The Morgan fingerprint density at radius 1 is 1.25 bits per heavy atom. The van der Waals surface area contributed by atoms with Gasteiger partial charge in [0, 0.05) is 49.9 Å². The third-order valence-electron chi connectivity index (χ3n) is 5.07. The third kappa shape index (κ3) is 5.49. The molecule has 0 atom stereocenters. The highest BCUT2D eigenvalue weighted by Crippen LogP contribution is 2.27. The van der Waals surface area contributed by atoms with E-state index in [1.165, 1.54) is 18.2 Å². The van der Waals surface area contributed by atoms with Gasteiger partial charge in [-0.05, 0) is 49.7 Å². The van der Waals surface area contributed by atoms with Gasteiger partial charge < -0.3 is 10.2 Å². The van der Waals surface area contributed by atoms with Crippen LogP contribution in [-0.4, -0.2) is 47.6 Å². The summed E-state index contributed by atoms with van der Waals surface area (Å²) in [7, 11) is 0. The van der Waals surface area contributed by atoms with Gasteiger partial charge in [-0.3, -0.25) is 9.78 Å². The first-order valence-electron chi connectivity index (χ1n) is 9.51. The molecular weight excluding hydrogens is 384 g/mol. The van der Waals surface area contributed by atoms with E-state index in [9.17, 15) is 13.6 Å². The van der Waals surface area contributed by atoms with Crippen molar-refractivity contribution in [3.05, 3.63) is 64.7 Å². The van der Waals surface area contributed by atoms with E-state index in [1.807, 2.05) is 18.2 Å². The van der Waals surface area contributed by atoms with E-state index in [0.717, 1.165) is 25.1 Å². The fourth-order valence-electron chi connectivity index (χ4n) is 3.35. The molecule has 0 bridgehead atoms. The second-order valence-corrected chi connectivity index (χ2v) is 7.58. The normalized spacial score (nSPS) is 16.2. The topological polar surface area (TPSA) is 45.2 Å². The zero-order chi connectivity index (χ0) is 20.0. The SMILES string of the molecule is O=C(c1ccc(F)c(Cl)c1)N1CCC(F)(CNCCCc2ccccn2)CC1. The molecule has 0 radical (unpaired) electrons. The Morgan fingerprint density at radius 3 is 2.71 bits per heavy atom. The molecule has 0 aliphatic carbocycles. The molecular formula is C21H24ClF2N3O. The zero-order valence-electron chi connectivity index (χ0n) is 15.6. The van der Waals surface area contributed by atoms with E-state index in [1.54, 1.807) is 11.1 Å².